The van der Waals surface area contributed by atoms with E-state index in [-0.39, 0.29) is 11.9 Å². The molecular weight excluding hydrogens is 164 g/mol. The number of hydrogen-bond acceptors (Lipinski definition) is 2. The predicted molar refractivity (Wildman–Crippen MR) is 54.5 cm³/mol. The van der Waals surface area contributed by atoms with Crippen LogP contribution in [0.2, 0.25) is 0 Å². The highest BCUT2D eigenvalue weighted by Crippen LogP contribution is 2.15. The van der Waals surface area contributed by atoms with Gasteiger partial charge in [-0.25, -0.2) is 0 Å². The van der Waals surface area contributed by atoms with Crippen molar-refractivity contribution in [1.29, 1.82) is 0 Å². The molecule has 0 aromatic heterocycles. The maximum atomic E-state index is 11.0. The lowest BCUT2D eigenvalue weighted by Gasteiger charge is -2.11. The van der Waals surface area contributed by atoms with E-state index >= 15 is 0 Å². The number of esters is 1. The van der Waals surface area contributed by atoms with Gasteiger partial charge in [0.25, 0.3) is 0 Å². The van der Waals surface area contributed by atoms with Crippen molar-refractivity contribution in [2.24, 2.45) is 11.8 Å². The zero-order chi connectivity index (χ0) is 10.3. The minimum atomic E-state index is -0.0795. The van der Waals surface area contributed by atoms with Crippen LogP contribution in [0.1, 0.15) is 46.5 Å². The van der Waals surface area contributed by atoms with Crippen molar-refractivity contribution in [3.05, 3.63) is 0 Å². The van der Waals surface area contributed by atoms with E-state index in [1.54, 1.807) is 0 Å². The van der Waals surface area contributed by atoms with E-state index in [0.29, 0.717) is 0 Å². The topological polar surface area (TPSA) is 26.3 Å². The average molecular weight is 186 g/mol. The molecule has 0 aromatic carbocycles. The van der Waals surface area contributed by atoms with E-state index in [0.717, 1.165) is 18.8 Å². The molecule has 2 nitrogen and oxygen atoms in total. The van der Waals surface area contributed by atoms with Crippen molar-refractivity contribution in [1.82, 2.24) is 0 Å². The maximum Gasteiger partial charge on any atom is 0.308 e. The van der Waals surface area contributed by atoms with Crippen LogP contribution in [0.3, 0.4) is 0 Å². The van der Waals surface area contributed by atoms with Gasteiger partial charge in [-0.05, 0) is 12.3 Å². The molecule has 78 valence electrons. The second kappa shape index (κ2) is 6.93. The zero-order valence-corrected chi connectivity index (χ0v) is 9.30. The summed E-state index contributed by atoms with van der Waals surface area (Å²) in [4.78, 5) is 11.0. The van der Waals surface area contributed by atoms with Gasteiger partial charge < -0.3 is 4.74 Å². The third kappa shape index (κ3) is 5.67. The van der Waals surface area contributed by atoms with Gasteiger partial charge in [-0.1, -0.05) is 40.0 Å². The van der Waals surface area contributed by atoms with Gasteiger partial charge in [0.1, 0.15) is 0 Å². The van der Waals surface area contributed by atoms with E-state index in [4.69, 9.17) is 0 Å². The highest BCUT2D eigenvalue weighted by molar-refractivity contribution is 5.71. The Balaban J connectivity index is 3.47. The number of carbonyl (C=O) groups is 1. The summed E-state index contributed by atoms with van der Waals surface area (Å²) in [5, 5.41) is 0. The maximum absolute atomic E-state index is 11.0. The molecule has 0 N–H and O–H groups in total. The predicted octanol–water partition coefficient (Wildman–Crippen LogP) is 3.01. The summed E-state index contributed by atoms with van der Waals surface area (Å²) in [6.45, 7) is 6.39. The molecule has 0 bridgehead atoms. The van der Waals surface area contributed by atoms with Crippen molar-refractivity contribution >= 4 is 5.97 Å². The first kappa shape index (κ1) is 12.5. The molecule has 0 rings (SSSR count). The number of rotatable bonds is 6. The van der Waals surface area contributed by atoms with E-state index < -0.39 is 0 Å². The summed E-state index contributed by atoms with van der Waals surface area (Å²) in [5.41, 5.74) is 0. The van der Waals surface area contributed by atoms with Gasteiger partial charge in [-0.3, -0.25) is 4.79 Å². The Labute approximate surface area is 81.7 Å². The van der Waals surface area contributed by atoms with Crippen LogP contribution in [0.25, 0.3) is 0 Å². The van der Waals surface area contributed by atoms with Crippen molar-refractivity contribution in [3.8, 4) is 0 Å². The van der Waals surface area contributed by atoms with E-state index in [9.17, 15) is 4.79 Å². The molecule has 0 spiro atoms. The largest absolute Gasteiger partial charge is 0.469 e. The molecule has 2 unspecified atom stereocenters. The Morgan fingerprint density at radius 3 is 2.38 bits per heavy atom. The summed E-state index contributed by atoms with van der Waals surface area (Å²) in [6, 6.07) is 0. The van der Waals surface area contributed by atoms with Crippen LogP contribution in [-0.2, 0) is 9.53 Å². The summed E-state index contributed by atoms with van der Waals surface area (Å²) in [5.74, 6) is 0.767. The molecule has 13 heavy (non-hydrogen) atoms. The lowest BCUT2D eigenvalue weighted by molar-refractivity contribution is -0.145. The molecular formula is C11H22O2. The summed E-state index contributed by atoms with van der Waals surface area (Å²) in [7, 11) is 1.45. The molecule has 0 saturated heterocycles. The number of methoxy groups -OCH3 is 1. The smallest absolute Gasteiger partial charge is 0.308 e. The van der Waals surface area contributed by atoms with Gasteiger partial charge in [0, 0.05) is 0 Å². The van der Waals surface area contributed by atoms with Gasteiger partial charge in [-0.2, -0.15) is 0 Å². The molecule has 2 heteroatoms. The number of carbonyl (C=O) groups excluding carboxylic acids is 1. The monoisotopic (exact) mass is 186 g/mol. The first-order valence-electron chi connectivity index (χ1n) is 5.19. The fraction of sp³-hybridized carbons (Fsp3) is 0.909. The Kier molecular flexibility index (Phi) is 6.65. The third-order valence-corrected chi connectivity index (χ3v) is 2.63. The van der Waals surface area contributed by atoms with Gasteiger partial charge in [0.15, 0.2) is 0 Å². The highest BCUT2D eigenvalue weighted by Gasteiger charge is 2.12. The normalized spacial score (nSPS) is 15.1. The second-order valence-electron chi connectivity index (χ2n) is 3.87. The minimum Gasteiger partial charge on any atom is -0.469 e. The SMILES string of the molecule is CCC(C)CCCC(C)C(=O)OC. The van der Waals surface area contributed by atoms with Crippen LogP contribution in [0, 0.1) is 11.8 Å². The minimum absolute atomic E-state index is 0.0639. The summed E-state index contributed by atoms with van der Waals surface area (Å²) < 4.78 is 4.66. The Morgan fingerprint density at radius 2 is 1.92 bits per heavy atom. The average Bonchev–Trinajstić information content (AvgIpc) is 2.15. The number of hydrogen-bond donors (Lipinski definition) is 0. The molecule has 0 heterocycles. The van der Waals surface area contributed by atoms with E-state index in [1.807, 2.05) is 6.92 Å². The Morgan fingerprint density at radius 1 is 1.31 bits per heavy atom. The van der Waals surface area contributed by atoms with Crippen LogP contribution in [-0.4, -0.2) is 13.1 Å². The molecule has 0 aliphatic rings. The van der Waals surface area contributed by atoms with Crippen molar-refractivity contribution in [2.75, 3.05) is 7.11 Å². The Hall–Kier alpha value is -0.530. The second-order valence-corrected chi connectivity index (χ2v) is 3.87. The Bertz CT molecular complexity index is 143. The van der Waals surface area contributed by atoms with Crippen molar-refractivity contribution in [3.63, 3.8) is 0 Å². The third-order valence-electron chi connectivity index (χ3n) is 2.63. The van der Waals surface area contributed by atoms with E-state index in [1.165, 1.54) is 20.0 Å². The zero-order valence-electron chi connectivity index (χ0n) is 9.30. The van der Waals surface area contributed by atoms with Crippen LogP contribution in [0.4, 0.5) is 0 Å². The first-order valence-corrected chi connectivity index (χ1v) is 5.19. The van der Waals surface area contributed by atoms with Gasteiger partial charge in [0.2, 0.25) is 0 Å². The first-order chi connectivity index (χ1) is 6.11. The fourth-order valence-electron chi connectivity index (χ4n) is 1.30. The quantitative estimate of drug-likeness (QED) is 0.596. The standard InChI is InChI=1S/C11H22O2/c1-5-9(2)7-6-8-10(3)11(12)13-4/h9-10H,5-8H2,1-4H3. The van der Waals surface area contributed by atoms with Crippen LogP contribution >= 0.6 is 0 Å². The molecule has 0 fully saturated rings. The molecule has 0 aliphatic carbocycles. The van der Waals surface area contributed by atoms with Gasteiger partial charge in [0.05, 0.1) is 13.0 Å². The van der Waals surface area contributed by atoms with Crippen molar-refractivity contribution in [2.45, 2.75) is 46.5 Å². The van der Waals surface area contributed by atoms with Crippen LogP contribution < -0.4 is 0 Å². The molecule has 0 saturated carbocycles. The fourth-order valence-corrected chi connectivity index (χ4v) is 1.30. The van der Waals surface area contributed by atoms with Gasteiger partial charge >= 0.3 is 5.97 Å². The summed E-state index contributed by atoms with van der Waals surface area (Å²) in [6.07, 6.45) is 4.53. The van der Waals surface area contributed by atoms with Gasteiger partial charge in [-0.15, -0.1) is 0 Å². The summed E-state index contributed by atoms with van der Waals surface area (Å²) >= 11 is 0. The van der Waals surface area contributed by atoms with Crippen LogP contribution in [0.15, 0.2) is 0 Å². The molecule has 0 amide bonds. The van der Waals surface area contributed by atoms with Crippen molar-refractivity contribution < 1.29 is 9.53 Å². The van der Waals surface area contributed by atoms with E-state index in [2.05, 4.69) is 18.6 Å². The van der Waals surface area contributed by atoms with Crippen LogP contribution in [0.5, 0.6) is 0 Å². The molecule has 0 aromatic rings. The molecule has 0 radical (unpaired) electrons. The molecule has 2 atom stereocenters. The highest BCUT2D eigenvalue weighted by atomic mass is 16.5. The lowest BCUT2D eigenvalue weighted by atomic mass is 9.97. The lowest BCUT2D eigenvalue weighted by Crippen LogP contribution is -2.12. The number of ether oxygens (including phenoxy) is 1. The molecule has 0 aliphatic heterocycles.